The quantitative estimate of drug-likeness (QED) is 0.603. The number of nitrogens with zero attached hydrogens (tertiary/aromatic N) is 1. The predicted molar refractivity (Wildman–Crippen MR) is 50.7 cm³/mol. The Morgan fingerprint density at radius 3 is 2.58 bits per heavy atom. The van der Waals surface area contributed by atoms with Gasteiger partial charge in [-0.3, -0.25) is 4.79 Å². The summed E-state index contributed by atoms with van der Waals surface area (Å²) in [4.78, 5) is 12.2. The van der Waals surface area contributed by atoms with Crippen LogP contribution in [0.4, 0.5) is 0 Å². The normalized spacial score (nSPS) is 12.7. The van der Waals surface area contributed by atoms with E-state index in [0.29, 0.717) is 6.41 Å². The highest BCUT2D eigenvalue weighted by molar-refractivity contribution is 5.50. The Balaban J connectivity index is 4.08. The molecule has 0 radical (unpaired) electrons. The lowest BCUT2D eigenvalue weighted by molar-refractivity contribution is -0.109. The van der Waals surface area contributed by atoms with E-state index in [9.17, 15) is 4.79 Å². The number of nitrogens with one attached hydrogen (secondary N) is 1. The molecule has 0 aliphatic rings. The fraction of sp³-hybridized carbons (Fsp3) is 0.667. The molecule has 0 aliphatic carbocycles. The lowest BCUT2D eigenvalue weighted by atomic mass is 10.1. The third kappa shape index (κ3) is 3.53. The minimum Gasteiger partial charge on any atom is -0.331 e. The Kier molecular flexibility index (Phi) is 5.37. The molecule has 0 saturated heterocycles. The summed E-state index contributed by atoms with van der Waals surface area (Å²) in [6.45, 7) is 5.92. The molecule has 0 bridgehead atoms. The average molecular weight is 170 g/mol. The maximum Gasteiger partial charge on any atom is 0.211 e. The van der Waals surface area contributed by atoms with E-state index in [4.69, 9.17) is 0 Å². The van der Waals surface area contributed by atoms with Crippen LogP contribution in [0.3, 0.4) is 0 Å². The largest absolute Gasteiger partial charge is 0.331 e. The first kappa shape index (κ1) is 11.2. The number of rotatable bonds is 6. The lowest BCUT2D eigenvalue weighted by Gasteiger charge is -2.25. The van der Waals surface area contributed by atoms with E-state index in [-0.39, 0.29) is 6.04 Å². The first-order valence-electron chi connectivity index (χ1n) is 4.18. The fourth-order valence-corrected chi connectivity index (χ4v) is 1.19. The molecule has 0 saturated carbocycles. The molecule has 0 aliphatic heterocycles. The van der Waals surface area contributed by atoms with Gasteiger partial charge in [-0.2, -0.15) is 0 Å². The molecule has 0 aromatic carbocycles. The van der Waals surface area contributed by atoms with Gasteiger partial charge in [-0.1, -0.05) is 19.9 Å². The minimum atomic E-state index is 0.250. The van der Waals surface area contributed by atoms with Crippen LogP contribution in [0.15, 0.2) is 12.3 Å². The number of carbonyl (C=O) groups excluding carboxylic acids is 1. The van der Waals surface area contributed by atoms with Crippen LogP contribution in [0.1, 0.15) is 19.8 Å². The zero-order chi connectivity index (χ0) is 9.56. The number of hydrogen-bond donors (Lipinski definition) is 1. The second kappa shape index (κ2) is 5.77. The summed E-state index contributed by atoms with van der Waals surface area (Å²) in [5.74, 6) is 0. The lowest BCUT2D eigenvalue weighted by Crippen LogP contribution is -2.34. The summed E-state index contributed by atoms with van der Waals surface area (Å²) in [5, 5.41) is 2.60. The fourth-order valence-electron chi connectivity index (χ4n) is 1.19. The van der Waals surface area contributed by atoms with E-state index in [0.717, 1.165) is 18.5 Å². The maximum atomic E-state index is 10.2. The van der Waals surface area contributed by atoms with Crippen molar-refractivity contribution in [3.8, 4) is 0 Å². The second-order valence-corrected chi connectivity index (χ2v) is 3.06. The molecule has 0 rings (SSSR count). The van der Waals surface area contributed by atoms with Crippen LogP contribution < -0.4 is 5.32 Å². The van der Waals surface area contributed by atoms with Crippen molar-refractivity contribution in [2.75, 3.05) is 14.1 Å². The summed E-state index contributed by atoms with van der Waals surface area (Å²) in [6.07, 6.45) is 2.78. The van der Waals surface area contributed by atoms with Gasteiger partial charge < -0.3 is 10.2 Å². The van der Waals surface area contributed by atoms with Crippen molar-refractivity contribution >= 4 is 6.41 Å². The predicted octanol–water partition coefficient (Wildman–Crippen LogP) is 0.976. The summed E-state index contributed by atoms with van der Waals surface area (Å²) in [6, 6.07) is 0.250. The summed E-state index contributed by atoms with van der Waals surface area (Å²) in [5.41, 5.74) is 0.775. The van der Waals surface area contributed by atoms with Crippen LogP contribution in [-0.2, 0) is 4.79 Å². The first-order chi connectivity index (χ1) is 5.63. The molecule has 3 heteroatoms. The third-order valence-corrected chi connectivity index (χ3v) is 1.83. The number of carbonyl (C=O) groups is 1. The van der Waals surface area contributed by atoms with E-state index >= 15 is 0 Å². The highest BCUT2D eigenvalue weighted by atomic mass is 16.1. The monoisotopic (exact) mass is 170 g/mol. The molecule has 0 fully saturated rings. The van der Waals surface area contributed by atoms with Crippen molar-refractivity contribution in [1.29, 1.82) is 0 Å². The van der Waals surface area contributed by atoms with Crippen molar-refractivity contribution in [1.82, 2.24) is 10.2 Å². The Hall–Kier alpha value is -0.830. The number of hydrogen-bond acceptors (Lipinski definition) is 2. The second-order valence-electron chi connectivity index (χ2n) is 3.06. The van der Waals surface area contributed by atoms with Crippen LogP contribution in [0.2, 0.25) is 0 Å². The number of likely N-dealkylation sites (N-methyl/N-ethyl adjacent to an activating group) is 1. The first-order valence-corrected chi connectivity index (χ1v) is 4.18. The molecule has 0 aromatic heterocycles. The number of amides is 1. The van der Waals surface area contributed by atoms with Gasteiger partial charge in [-0.25, -0.2) is 0 Å². The highest BCUT2D eigenvalue weighted by Gasteiger charge is 2.12. The van der Waals surface area contributed by atoms with E-state index in [1.54, 1.807) is 0 Å². The Morgan fingerprint density at radius 2 is 2.25 bits per heavy atom. The van der Waals surface area contributed by atoms with Crippen LogP contribution in [0, 0.1) is 0 Å². The molecule has 0 heterocycles. The van der Waals surface area contributed by atoms with Gasteiger partial charge in [0.25, 0.3) is 0 Å². The van der Waals surface area contributed by atoms with E-state index < -0.39 is 0 Å². The topological polar surface area (TPSA) is 32.3 Å². The molecule has 70 valence electrons. The molecule has 1 N–H and O–H groups in total. The standard InChI is InChI=1S/C9H18N2O/c1-5-6-9(11(3)4)8(2)10-7-12/h7,9H,2,5-6H2,1,3-4H3,(H,10,12). The van der Waals surface area contributed by atoms with Crippen molar-refractivity contribution in [3.63, 3.8) is 0 Å². The van der Waals surface area contributed by atoms with Crippen molar-refractivity contribution in [2.45, 2.75) is 25.8 Å². The van der Waals surface area contributed by atoms with Gasteiger partial charge in [-0.15, -0.1) is 0 Å². The Bertz CT molecular complexity index is 155. The molecular weight excluding hydrogens is 152 g/mol. The zero-order valence-electron chi connectivity index (χ0n) is 8.13. The molecule has 12 heavy (non-hydrogen) atoms. The van der Waals surface area contributed by atoms with Gasteiger partial charge in [0.05, 0.1) is 0 Å². The summed E-state index contributed by atoms with van der Waals surface area (Å²) >= 11 is 0. The molecule has 3 nitrogen and oxygen atoms in total. The molecule has 1 unspecified atom stereocenters. The van der Waals surface area contributed by atoms with Gasteiger partial charge >= 0.3 is 0 Å². The summed E-state index contributed by atoms with van der Waals surface area (Å²) in [7, 11) is 3.97. The van der Waals surface area contributed by atoms with E-state index in [2.05, 4.69) is 23.7 Å². The van der Waals surface area contributed by atoms with Gasteiger partial charge in [0, 0.05) is 11.7 Å². The zero-order valence-corrected chi connectivity index (χ0v) is 8.13. The molecule has 0 aromatic rings. The average Bonchev–Trinajstić information content (AvgIpc) is 1.99. The van der Waals surface area contributed by atoms with Gasteiger partial charge in [-0.05, 0) is 20.5 Å². The maximum absolute atomic E-state index is 10.2. The van der Waals surface area contributed by atoms with Crippen molar-refractivity contribution < 1.29 is 4.79 Å². The van der Waals surface area contributed by atoms with E-state index in [1.165, 1.54) is 0 Å². The van der Waals surface area contributed by atoms with Crippen LogP contribution >= 0.6 is 0 Å². The van der Waals surface area contributed by atoms with Gasteiger partial charge in [0.1, 0.15) is 0 Å². The Morgan fingerprint density at radius 1 is 1.67 bits per heavy atom. The van der Waals surface area contributed by atoms with Crippen molar-refractivity contribution in [2.24, 2.45) is 0 Å². The highest BCUT2D eigenvalue weighted by Crippen LogP contribution is 2.08. The molecule has 1 atom stereocenters. The van der Waals surface area contributed by atoms with Crippen LogP contribution in [0.5, 0.6) is 0 Å². The van der Waals surface area contributed by atoms with Gasteiger partial charge in [0.15, 0.2) is 0 Å². The SMILES string of the molecule is C=C(NC=O)C(CCC)N(C)C. The van der Waals surface area contributed by atoms with Gasteiger partial charge in [0.2, 0.25) is 6.41 Å². The third-order valence-electron chi connectivity index (χ3n) is 1.83. The molecule has 1 amide bonds. The van der Waals surface area contributed by atoms with Crippen LogP contribution in [0.25, 0.3) is 0 Å². The van der Waals surface area contributed by atoms with Crippen molar-refractivity contribution in [3.05, 3.63) is 12.3 Å². The molecule has 0 spiro atoms. The molecular formula is C9H18N2O. The summed E-state index contributed by atoms with van der Waals surface area (Å²) < 4.78 is 0. The smallest absolute Gasteiger partial charge is 0.211 e. The minimum absolute atomic E-state index is 0.250. The Labute approximate surface area is 74.4 Å². The van der Waals surface area contributed by atoms with E-state index in [1.807, 2.05) is 14.1 Å². The van der Waals surface area contributed by atoms with Crippen LogP contribution in [-0.4, -0.2) is 31.4 Å².